The first-order valence-electron chi connectivity index (χ1n) is 20.2. The summed E-state index contributed by atoms with van der Waals surface area (Å²) in [5, 5.41) is 0. The van der Waals surface area contributed by atoms with E-state index in [0.29, 0.717) is 0 Å². The summed E-state index contributed by atoms with van der Waals surface area (Å²) < 4.78 is 0. The minimum atomic E-state index is 0.917. The molecule has 45 heavy (non-hydrogen) atoms. The Morgan fingerprint density at radius 1 is 0.267 bits per heavy atom. The molecular formula is C39H78N6. The van der Waals surface area contributed by atoms with E-state index in [-0.39, 0.29) is 0 Å². The number of hydrogen-bond acceptors (Lipinski definition) is 6. The lowest BCUT2D eigenvalue weighted by molar-refractivity contribution is 0.567. The summed E-state index contributed by atoms with van der Waals surface area (Å²) in [7, 11) is 0. The molecule has 0 N–H and O–H groups in total. The molecule has 264 valence electrons. The van der Waals surface area contributed by atoms with Crippen molar-refractivity contribution in [2.75, 3.05) is 54.0 Å². The molecular weight excluding hydrogens is 552 g/mol. The van der Waals surface area contributed by atoms with E-state index in [4.69, 9.17) is 15.0 Å². The average Bonchev–Trinajstić information content (AvgIpc) is 3.06. The van der Waals surface area contributed by atoms with Gasteiger partial charge in [0.15, 0.2) is 0 Å². The van der Waals surface area contributed by atoms with Crippen LogP contribution in [0.5, 0.6) is 0 Å². The van der Waals surface area contributed by atoms with Crippen molar-refractivity contribution in [3.8, 4) is 0 Å². The zero-order valence-electron chi connectivity index (χ0n) is 31.4. The van der Waals surface area contributed by atoms with Crippen molar-refractivity contribution in [3.63, 3.8) is 0 Å². The third-order valence-corrected chi connectivity index (χ3v) is 9.14. The first-order chi connectivity index (χ1) is 22.1. The smallest absolute Gasteiger partial charge is 0.231 e. The number of hydrogen-bond donors (Lipinski definition) is 0. The highest BCUT2D eigenvalue weighted by Gasteiger charge is 2.20. The van der Waals surface area contributed by atoms with Gasteiger partial charge in [0, 0.05) is 39.3 Å². The van der Waals surface area contributed by atoms with E-state index in [1.54, 1.807) is 0 Å². The summed E-state index contributed by atoms with van der Waals surface area (Å²) >= 11 is 0. The molecule has 0 saturated heterocycles. The number of aromatic nitrogens is 3. The maximum absolute atomic E-state index is 5.33. The van der Waals surface area contributed by atoms with Crippen LogP contribution in [-0.2, 0) is 0 Å². The van der Waals surface area contributed by atoms with Gasteiger partial charge >= 0.3 is 0 Å². The summed E-state index contributed by atoms with van der Waals surface area (Å²) in [4.78, 5) is 23.5. The lowest BCUT2D eigenvalue weighted by atomic mass is 10.1. The molecule has 0 aliphatic heterocycles. The van der Waals surface area contributed by atoms with Crippen LogP contribution in [-0.4, -0.2) is 54.2 Å². The molecule has 1 aromatic heterocycles. The normalized spacial score (nSPS) is 11.3. The van der Waals surface area contributed by atoms with E-state index in [1.165, 1.54) is 154 Å². The van der Waals surface area contributed by atoms with Gasteiger partial charge < -0.3 is 14.7 Å². The molecule has 0 radical (unpaired) electrons. The SMILES string of the molecule is CCCCCCCCN(CCCCCCCC)c1nc(N(CCCC)CCCC)nc(N(CCCCCC)CCCCCC)n1. The average molecular weight is 631 g/mol. The molecule has 0 aromatic carbocycles. The largest absolute Gasteiger partial charge is 0.341 e. The number of unbranched alkanes of at least 4 members (excludes halogenated alkanes) is 18. The second-order valence-corrected chi connectivity index (χ2v) is 13.6. The maximum atomic E-state index is 5.33. The van der Waals surface area contributed by atoms with Crippen LogP contribution < -0.4 is 14.7 Å². The Morgan fingerprint density at radius 2 is 0.467 bits per heavy atom. The summed E-state index contributed by atoms with van der Waals surface area (Å²) in [6.07, 6.45) is 30.7. The molecule has 0 aliphatic carbocycles. The Balaban J connectivity index is 3.40. The molecule has 1 heterocycles. The molecule has 1 aromatic rings. The van der Waals surface area contributed by atoms with Crippen LogP contribution in [0.3, 0.4) is 0 Å². The third-order valence-electron chi connectivity index (χ3n) is 9.14. The summed E-state index contributed by atoms with van der Waals surface area (Å²) in [6, 6.07) is 0. The second-order valence-electron chi connectivity index (χ2n) is 13.6. The minimum Gasteiger partial charge on any atom is -0.341 e. The maximum Gasteiger partial charge on any atom is 0.231 e. The van der Waals surface area contributed by atoms with Crippen molar-refractivity contribution in [3.05, 3.63) is 0 Å². The highest BCUT2D eigenvalue weighted by molar-refractivity contribution is 5.46. The third kappa shape index (κ3) is 20.3. The molecule has 6 heteroatoms. The zero-order valence-corrected chi connectivity index (χ0v) is 31.4. The van der Waals surface area contributed by atoms with Gasteiger partial charge in [-0.15, -0.1) is 0 Å². The van der Waals surface area contributed by atoms with Crippen LogP contribution in [0.25, 0.3) is 0 Å². The summed E-state index contributed by atoms with van der Waals surface area (Å²) in [5.74, 6) is 2.78. The number of nitrogens with zero attached hydrogens (tertiary/aromatic N) is 6. The van der Waals surface area contributed by atoms with Crippen molar-refractivity contribution < 1.29 is 0 Å². The second kappa shape index (κ2) is 29.8. The van der Waals surface area contributed by atoms with Crippen LogP contribution in [0, 0.1) is 0 Å². The number of rotatable bonds is 33. The Labute approximate surface area is 282 Å². The van der Waals surface area contributed by atoms with Crippen molar-refractivity contribution in [2.45, 2.75) is 196 Å². The van der Waals surface area contributed by atoms with E-state index in [1.807, 2.05) is 0 Å². The van der Waals surface area contributed by atoms with Gasteiger partial charge in [-0.3, -0.25) is 0 Å². The molecule has 1 rings (SSSR count). The lowest BCUT2D eigenvalue weighted by Crippen LogP contribution is -2.34. The van der Waals surface area contributed by atoms with Gasteiger partial charge in [0.2, 0.25) is 17.8 Å². The monoisotopic (exact) mass is 631 g/mol. The Morgan fingerprint density at radius 3 is 0.733 bits per heavy atom. The molecule has 0 unspecified atom stereocenters. The fraction of sp³-hybridized carbons (Fsp3) is 0.923. The van der Waals surface area contributed by atoms with Gasteiger partial charge in [-0.25, -0.2) is 0 Å². The van der Waals surface area contributed by atoms with Gasteiger partial charge in [-0.2, -0.15) is 15.0 Å². The molecule has 0 atom stereocenters. The van der Waals surface area contributed by atoms with E-state index >= 15 is 0 Å². The molecule has 0 aliphatic rings. The van der Waals surface area contributed by atoms with Gasteiger partial charge in [0.05, 0.1) is 0 Å². The Bertz CT molecular complexity index is 736. The fourth-order valence-electron chi connectivity index (χ4n) is 6.03. The van der Waals surface area contributed by atoms with Crippen molar-refractivity contribution >= 4 is 17.8 Å². The van der Waals surface area contributed by atoms with Gasteiger partial charge in [-0.05, 0) is 38.5 Å². The van der Waals surface area contributed by atoms with Crippen LogP contribution in [0.15, 0.2) is 0 Å². The lowest BCUT2D eigenvalue weighted by Gasteiger charge is -2.29. The highest BCUT2D eigenvalue weighted by atomic mass is 15.4. The summed E-state index contributed by atoms with van der Waals surface area (Å²) in [5.41, 5.74) is 0. The molecule has 0 bridgehead atoms. The fourth-order valence-corrected chi connectivity index (χ4v) is 6.03. The predicted molar refractivity (Wildman–Crippen MR) is 201 cm³/mol. The first kappa shape index (κ1) is 41.4. The van der Waals surface area contributed by atoms with Crippen LogP contribution in [0.2, 0.25) is 0 Å². The zero-order chi connectivity index (χ0) is 32.8. The molecule has 0 amide bonds. The Kier molecular flexibility index (Phi) is 27.4. The van der Waals surface area contributed by atoms with Crippen molar-refractivity contribution in [1.29, 1.82) is 0 Å². The predicted octanol–water partition coefficient (Wildman–Crippen LogP) is 11.8. The van der Waals surface area contributed by atoms with E-state index in [0.717, 1.165) is 57.1 Å². The summed E-state index contributed by atoms with van der Waals surface area (Å²) in [6.45, 7) is 20.1. The number of anilines is 3. The van der Waals surface area contributed by atoms with Gasteiger partial charge in [0.1, 0.15) is 0 Å². The van der Waals surface area contributed by atoms with Crippen LogP contribution in [0.4, 0.5) is 17.8 Å². The highest BCUT2D eigenvalue weighted by Crippen LogP contribution is 2.23. The molecule has 0 saturated carbocycles. The van der Waals surface area contributed by atoms with Crippen molar-refractivity contribution in [2.24, 2.45) is 0 Å². The minimum absolute atomic E-state index is 0.917. The Hall–Kier alpha value is -1.59. The quantitative estimate of drug-likeness (QED) is 0.0720. The standard InChI is InChI=1S/C39H78N6/c1-7-13-19-23-25-29-35-45(36-30-26-24-20-14-8-2)39-41-37(43(31-17-11-5)32-18-12-6)40-38(42-39)44(33-27-21-15-9-3)34-28-22-16-10-4/h7-36H2,1-6H3. The van der Waals surface area contributed by atoms with Crippen molar-refractivity contribution in [1.82, 2.24) is 15.0 Å². The van der Waals surface area contributed by atoms with E-state index in [9.17, 15) is 0 Å². The van der Waals surface area contributed by atoms with E-state index < -0.39 is 0 Å². The topological polar surface area (TPSA) is 48.4 Å². The van der Waals surface area contributed by atoms with Gasteiger partial charge in [0.25, 0.3) is 0 Å². The van der Waals surface area contributed by atoms with E-state index in [2.05, 4.69) is 56.2 Å². The van der Waals surface area contributed by atoms with Crippen LogP contribution >= 0.6 is 0 Å². The molecule has 0 spiro atoms. The van der Waals surface area contributed by atoms with Gasteiger partial charge in [-0.1, -0.05) is 157 Å². The molecule has 0 fully saturated rings. The first-order valence-corrected chi connectivity index (χ1v) is 20.2. The molecule has 6 nitrogen and oxygen atoms in total. The van der Waals surface area contributed by atoms with Crippen LogP contribution in [0.1, 0.15) is 196 Å².